The first kappa shape index (κ1) is 13.8. The fourth-order valence-corrected chi connectivity index (χ4v) is 3.86. The Kier molecular flexibility index (Phi) is 3.67. The van der Waals surface area contributed by atoms with E-state index in [0.717, 1.165) is 25.7 Å². The van der Waals surface area contributed by atoms with E-state index in [1.807, 2.05) is 0 Å². The van der Waals surface area contributed by atoms with Gasteiger partial charge in [0, 0.05) is 30.7 Å². The van der Waals surface area contributed by atoms with Crippen LogP contribution in [0, 0.1) is 10.1 Å². The number of benzene rings is 1. The molecule has 5 nitrogen and oxygen atoms in total. The van der Waals surface area contributed by atoms with Crippen molar-refractivity contribution < 1.29 is 4.92 Å². The van der Waals surface area contributed by atoms with Crippen LogP contribution in [0.2, 0.25) is 5.02 Å². The number of nitro benzene ring substituents is 1. The van der Waals surface area contributed by atoms with Gasteiger partial charge in [-0.2, -0.15) is 0 Å². The summed E-state index contributed by atoms with van der Waals surface area (Å²) >= 11 is 6.18. The third-order valence-electron chi connectivity index (χ3n) is 4.55. The molecule has 2 unspecified atom stereocenters. The standard InChI is InChI=1S/C14H18ClN3O2/c15-13-2-1-3-14(18(19)20)12(13)8-17-10-4-5-11(17)7-9(16)6-10/h1-3,9-11H,4-8,16H2. The molecular weight excluding hydrogens is 278 g/mol. The van der Waals surface area contributed by atoms with Crippen molar-refractivity contribution >= 4 is 17.3 Å². The molecule has 2 N–H and O–H groups in total. The van der Waals surface area contributed by atoms with Gasteiger partial charge in [0.15, 0.2) is 0 Å². The molecule has 0 aliphatic carbocycles. The molecule has 2 fully saturated rings. The lowest BCUT2D eigenvalue weighted by molar-refractivity contribution is -0.385. The minimum absolute atomic E-state index is 0.117. The van der Waals surface area contributed by atoms with Gasteiger partial charge >= 0.3 is 0 Å². The van der Waals surface area contributed by atoms with Gasteiger partial charge in [0.05, 0.1) is 15.5 Å². The highest BCUT2D eigenvalue weighted by Gasteiger charge is 2.40. The first-order valence-corrected chi connectivity index (χ1v) is 7.37. The number of fused-ring (bicyclic) bond motifs is 2. The summed E-state index contributed by atoms with van der Waals surface area (Å²) in [7, 11) is 0. The molecule has 2 saturated heterocycles. The second-order valence-corrected chi connectivity index (χ2v) is 6.19. The number of halogens is 1. The molecule has 2 heterocycles. The van der Waals surface area contributed by atoms with Crippen molar-refractivity contribution in [2.24, 2.45) is 5.73 Å². The first-order valence-electron chi connectivity index (χ1n) is 6.99. The van der Waals surface area contributed by atoms with Crippen LogP contribution in [0.3, 0.4) is 0 Å². The van der Waals surface area contributed by atoms with Gasteiger partial charge in [0.25, 0.3) is 5.69 Å². The fourth-order valence-electron chi connectivity index (χ4n) is 3.63. The van der Waals surface area contributed by atoms with Crippen LogP contribution in [0.4, 0.5) is 5.69 Å². The van der Waals surface area contributed by atoms with Gasteiger partial charge in [-0.15, -0.1) is 0 Å². The minimum Gasteiger partial charge on any atom is -0.328 e. The molecule has 0 saturated carbocycles. The fraction of sp³-hybridized carbons (Fsp3) is 0.571. The minimum atomic E-state index is -0.348. The Morgan fingerprint density at radius 2 is 2.00 bits per heavy atom. The molecule has 1 aromatic carbocycles. The van der Waals surface area contributed by atoms with E-state index in [1.165, 1.54) is 6.07 Å². The summed E-state index contributed by atoms with van der Waals surface area (Å²) in [5.74, 6) is 0. The third kappa shape index (κ3) is 2.41. The van der Waals surface area contributed by atoms with E-state index < -0.39 is 0 Å². The largest absolute Gasteiger partial charge is 0.328 e. The van der Waals surface area contributed by atoms with Crippen LogP contribution < -0.4 is 5.73 Å². The molecule has 3 rings (SSSR count). The van der Waals surface area contributed by atoms with Crippen LogP contribution in [-0.4, -0.2) is 27.9 Å². The zero-order valence-corrected chi connectivity index (χ0v) is 11.9. The second kappa shape index (κ2) is 5.31. The second-order valence-electron chi connectivity index (χ2n) is 5.78. The van der Waals surface area contributed by atoms with Crippen LogP contribution >= 0.6 is 11.6 Å². The average molecular weight is 296 g/mol. The van der Waals surface area contributed by atoms with E-state index in [9.17, 15) is 10.1 Å². The summed E-state index contributed by atoms with van der Waals surface area (Å²) in [6, 6.07) is 6.04. The summed E-state index contributed by atoms with van der Waals surface area (Å²) in [4.78, 5) is 13.2. The van der Waals surface area contributed by atoms with Gasteiger partial charge < -0.3 is 5.73 Å². The van der Waals surface area contributed by atoms with Crippen molar-refractivity contribution in [1.82, 2.24) is 4.90 Å². The van der Waals surface area contributed by atoms with Gasteiger partial charge in [-0.25, -0.2) is 0 Å². The Morgan fingerprint density at radius 1 is 1.35 bits per heavy atom. The van der Waals surface area contributed by atoms with Crippen LogP contribution in [0.1, 0.15) is 31.2 Å². The van der Waals surface area contributed by atoms with Crippen molar-refractivity contribution in [3.63, 3.8) is 0 Å². The van der Waals surface area contributed by atoms with Gasteiger partial charge in [-0.1, -0.05) is 17.7 Å². The molecule has 20 heavy (non-hydrogen) atoms. The summed E-state index contributed by atoms with van der Waals surface area (Å²) in [5, 5.41) is 11.6. The van der Waals surface area contributed by atoms with Crippen LogP contribution in [0.5, 0.6) is 0 Å². The summed E-state index contributed by atoms with van der Waals surface area (Å²) in [6.07, 6.45) is 4.23. The molecule has 2 bridgehead atoms. The van der Waals surface area contributed by atoms with Gasteiger partial charge in [-0.05, 0) is 31.7 Å². The van der Waals surface area contributed by atoms with Crippen molar-refractivity contribution in [3.05, 3.63) is 38.9 Å². The number of nitrogens with zero attached hydrogens (tertiary/aromatic N) is 2. The Labute approximate surface area is 122 Å². The van der Waals surface area contributed by atoms with Crippen molar-refractivity contribution in [2.45, 2.75) is 50.4 Å². The number of hydrogen-bond donors (Lipinski definition) is 1. The summed E-state index contributed by atoms with van der Waals surface area (Å²) in [5.41, 5.74) is 6.81. The Balaban J connectivity index is 1.87. The van der Waals surface area contributed by atoms with E-state index in [0.29, 0.717) is 29.2 Å². The average Bonchev–Trinajstić information content (AvgIpc) is 2.63. The predicted octanol–water partition coefficient (Wildman–Crippen LogP) is 2.70. The van der Waals surface area contributed by atoms with Gasteiger partial charge in [0.2, 0.25) is 0 Å². The van der Waals surface area contributed by atoms with E-state index in [-0.39, 0.29) is 16.7 Å². The van der Waals surface area contributed by atoms with Crippen molar-refractivity contribution in [1.29, 1.82) is 0 Å². The Hall–Kier alpha value is -1.17. The lowest BCUT2D eigenvalue weighted by Gasteiger charge is -2.37. The number of nitrogens with two attached hydrogens (primary N) is 1. The molecule has 0 spiro atoms. The molecule has 108 valence electrons. The van der Waals surface area contributed by atoms with Gasteiger partial charge in [0.1, 0.15) is 0 Å². The lowest BCUT2D eigenvalue weighted by atomic mass is 9.97. The van der Waals surface area contributed by atoms with E-state index in [2.05, 4.69) is 4.90 Å². The topological polar surface area (TPSA) is 72.4 Å². The van der Waals surface area contributed by atoms with Crippen molar-refractivity contribution in [3.8, 4) is 0 Å². The zero-order valence-electron chi connectivity index (χ0n) is 11.2. The quantitative estimate of drug-likeness (QED) is 0.687. The Morgan fingerprint density at radius 3 is 2.60 bits per heavy atom. The number of hydrogen-bond acceptors (Lipinski definition) is 4. The highest BCUT2D eigenvalue weighted by Crippen LogP contribution is 2.38. The first-order chi connectivity index (χ1) is 9.56. The molecule has 0 aromatic heterocycles. The van der Waals surface area contributed by atoms with Gasteiger partial charge in [-0.3, -0.25) is 15.0 Å². The maximum absolute atomic E-state index is 11.2. The maximum Gasteiger partial charge on any atom is 0.275 e. The molecule has 2 aliphatic heterocycles. The monoisotopic (exact) mass is 295 g/mol. The highest BCUT2D eigenvalue weighted by molar-refractivity contribution is 6.31. The third-order valence-corrected chi connectivity index (χ3v) is 4.91. The summed E-state index contributed by atoms with van der Waals surface area (Å²) < 4.78 is 0. The molecule has 0 amide bonds. The molecule has 1 aromatic rings. The van der Waals surface area contributed by atoms with Crippen molar-refractivity contribution in [2.75, 3.05) is 0 Å². The molecule has 2 atom stereocenters. The van der Waals surface area contributed by atoms with E-state index in [1.54, 1.807) is 12.1 Å². The van der Waals surface area contributed by atoms with Crippen LogP contribution in [0.15, 0.2) is 18.2 Å². The Bertz CT molecular complexity index is 523. The predicted molar refractivity (Wildman–Crippen MR) is 77.7 cm³/mol. The highest BCUT2D eigenvalue weighted by atomic mass is 35.5. The zero-order chi connectivity index (χ0) is 14.3. The lowest BCUT2D eigenvalue weighted by Crippen LogP contribution is -2.46. The molecular formula is C14H18ClN3O2. The van der Waals surface area contributed by atoms with E-state index >= 15 is 0 Å². The van der Waals surface area contributed by atoms with Crippen LogP contribution in [-0.2, 0) is 6.54 Å². The number of piperidine rings is 1. The number of nitro groups is 1. The molecule has 0 radical (unpaired) electrons. The smallest absolute Gasteiger partial charge is 0.275 e. The maximum atomic E-state index is 11.2. The summed E-state index contributed by atoms with van der Waals surface area (Å²) in [6.45, 7) is 0.554. The molecule has 6 heteroatoms. The molecule has 2 aliphatic rings. The van der Waals surface area contributed by atoms with E-state index in [4.69, 9.17) is 17.3 Å². The normalized spacial score (nSPS) is 29.6. The van der Waals surface area contributed by atoms with Crippen LogP contribution in [0.25, 0.3) is 0 Å². The SMILES string of the molecule is NC1CC2CCC(C1)N2Cc1c(Cl)cccc1[N+](=O)[O-]. The number of rotatable bonds is 3.